The molecule has 9 amide bonds. The van der Waals surface area contributed by atoms with E-state index in [1.54, 1.807) is 98.8 Å². The molecule has 26 nitrogen and oxygen atoms in total. The average Bonchev–Trinajstić information content (AvgIpc) is 3.39. The third kappa shape index (κ3) is 23.9. The molecular weight excluding hydrogens is 1040 g/mol. The van der Waals surface area contributed by atoms with Gasteiger partial charge in [-0.15, -0.1) is 6.42 Å². The first-order valence-corrected chi connectivity index (χ1v) is 25.2. The Bertz CT molecular complexity index is 2700. The molecule has 0 saturated carbocycles. The second-order valence-electron chi connectivity index (χ2n) is 18.9. The molecule has 430 valence electrons. The molecule has 3 aromatic carbocycles. The number of hydrogen-bond donors (Lipinski definition) is 13. The lowest BCUT2D eigenvalue weighted by Gasteiger charge is -2.28. The number of nitrogens with one attached hydrogen (secondary N) is 7. The number of aliphatic carboxylic acids is 3. The number of carboxylic acid groups (broad SMARTS) is 3. The van der Waals surface area contributed by atoms with Gasteiger partial charge in [0.15, 0.2) is 0 Å². The molecule has 0 fully saturated rings. The van der Waals surface area contributed by atoms with Crippen LogP contribution in [0.15, 0.2) is 84.9 Å². The largest absolute Gasteiger partial charge is 0.481 e. The summed E-state index contributed by atoms with van der Waals surface area (Å²) in [4.78, 5) is 157. The van der Waals surface area contributed by atoms with Crippen molar-refractivity contribution in [3.63, 3.8) is 0 Å². The number of benzene rings is 3. The zero-order chi connectivity index (χ0) is 59.5. The van der Waals surface area contributed by atoms with Gasteiger partial charge < -0.3 is 74.5 Å². The van der Waals surface area contributed by atoms with Gasteiger partial charge in [0.1, 0.15) is 54.6 Å². The van der Waals surface area contributed by atoms with Crippen molar-refractivity contribution >= 4 is 71.1 Å². The van der Waals surface area contributed by atoms with E-state index in [0.717, 1.165) is 0 Å². The Hall–Kier alpha value is -9.38. The highest BCUT2D eigenvalue weighted by atomic mass is 16.5. The van der Waals surface area contributed by atoms with Gasteiger partial charge in [-0.1, -0.05) is 92.6 Å². The van der Waals surface area contributed by atoms with Crippen LogP contribution in [0, 0.1) is 18.3 Å². The molecule has 0 unspecified atom stereocenters. The number of primary amides is 2. The molecule has 0 bridgehead atoms. The lowest BCUT2D eigenvalue weighted by atomic mass is 9.99. The molecule has 0 aliphatic rings. The summed E-state index contributed by atoms with van der Waals surface area (Å²) in [7, 11) is 0. The zero-order valence-corrected chi connectivity index (χ0v) is 44.0. The van der Waals surface area contributed by atoms with E-state index in [-0.39, 0.29) is 38.2 Å². The normalized spacial score (nSPS) is 13.8. The molecule has 26 heteroatoms. The molecule has 0 radical (unpaired) electrons. The monoisotopic (exact) mass is 1110 g/mol. The number of amides is 9. The molecule has 0 aliphatic heterocycles. The van der Waals surface area contributed by atoms with Crippen LogP contribution in [0.25, 0.3) is 0 Å². The SMILES string of the molecule is C#CCOc1ccc(C[C@H](NC(=O)[C@H](CC(C)C)NC(=O)[C@H](Cc2ccccc2)NC(=O)[C@H](Cc2ccccc2)NC(=O)[C@H](CCC(=O)O)NC(=O)[C@H](CC(N)=O)NC(=O)[C@H](CC(=O)O)NC(=O)[C@@H](N)CCC(=O)O)C(N)=O)cc1. The summed E-state index contributed by atoms with van der Waals surface area (Å²) in [5, 5.41) is 45.0. The number of rotatable bonds is 35. The van der Waals surface area contributed by atoms with Gasteiger partial charge in [0, 0.05) is 32.1 Å². The van der Waals surface area contributed by atoms with Crippen LogP contribution in [0.1, 0.15) is 75.5 Å². The van der Waals surface area contributed by atoms with Gasteiger partial charge in [-0.05, 0) is 54.0 Å². The standard InChI is InChI=1S/C54H68N10O16/c1-4-23-80-34-17-15-33(16-18-34)25-37(47(57)72)59-50(75)38(24-30(2)3)61-51(76)40(27-32-13-9-6-10-14-32)63-52(77)39(26-31-11-7-5-8-12-31)62-49(74)36(20-22-45(68)69)58-53(78)41(28-43(56)65)64-54(79)42(29-46(70)71)60-48(73)35(55)19-21-44(66)67/h1,5-18,30,35-42H,19-29,55H2,2-3H3,(H2,56,65)(H2,57,72)(H,58,78)(H,59,75)(H,60,73)(H,61,76)(H,62,74)(H,63,77)(H,64,79)(H,66,67)(H,68,69)(H,70,71)/t35-,36-,37-,38-,39-,40-,41-,42-/m0/s1. The first-order valence-electron chi connectivity index (χ1n) is 25.2. The van der Waals surface area contributed by atoms with Crippen LogP contribution in [0.3, 0.4) is 0 Å². The summed E-state index contributed by atoms with van der Waals surface area (Å²) in [5.74, 6) is -11.4. The molecule has 3 rings (SSSR count). The van der Waals surface area contributed by atoms with Crippen LogP contribution >= 0.6 is 0 Å². The van der Waals surface area contributed by atoms with Gasteiger partial charge in [-0.25, -0.2) is 0 Å². The smallest absolute Gasteiger partial charge is 0.305 e. The first kappa shape index (κ1) is 64.9. The van der Waals surface area contributed by atoms with Gasteiger partial charge in [-0.3, -0.25) is 57.5 Å². The van der Waals surface area contributed by atoms with Crippen molar-refractivity contribution in [2.45, 2.75) is 126 Å². The summed E-state index contributed by atoms with van der Waals surface area (Å²) in [5.41, 5.74) is 18.4. The predicted molar refractivity (Wildman–Crippen MR) is 285 cm³/mol. The minimum Gasteiger partial charge on any atom is -0.481 e. The third-order valence-corrected chi connectivity index (χ3v) is 11.9. The van der Waals surface area contributed by atoms with E-state index in [4.69, 9.17) is 33.5 Å². The second kappa shape index (κ2) is 33.0. The Morgan fingerprint density at radius 2 is 0.875 bits per heavy atom. The summed E-state index contributed by atoms with van der Waals surface area (Å²) in [6.45, 7) is 3.60. The van der Waals surface area contributed by atoms with E-state index in [9.17, 15) is 67.7 Å². The summed E-state index contributed by atoms with van der Waals surface area (Å²) in [6, 6.07) is 10.3. The molecule has 0 aromatic heterocycles. The molecule has 80 heavy (non-hydrogen) atoms. The lowest BCUT2D eigenvalue weighted by molar-refractivity contribution is -0.142. The van der Waals surface area contributed by atoms with Gasteiger partial charge in [-0.2, -0.15) is 0 Å². The van der Waals surface area contributed by atoms with Crippen molar-refractivity contribution in [1.29, 1.82) is 0 Å². The van der Waals surface area contributed by atoms with Crippen LogP contribution in [0.4, 0.5) is 0 Å². The summed E-state index contributed by atoms with van der Waals surface area (Å²) in [6.07, 6.45) is 0.410. The quantitative estimate of drug-likeness (QED) is 0.0285. The van der Waals surface area contributed by atoms with Crippen LogP contribution in [-0.4, -0.2) is 141 Å². The average molecular weight is 1110 g/mol. The number of nitrogens with two attached hydrogens (primary N) is 3. The minimum absolute atomic E-state index is 0.0300. The van der Waals surface area contributed by atoms with Crippen LogP contribution in [0.5, 0.6) is 5.75 Å². The molecule has 16 N–H and O–H groups in total. The Balaban J connectivity index is 1.96. The zero-order valence-electron chi connectivity index (χ0n) is 44.0. The van der Waals surface area contributed by atoms with Crippen LogP contribution in [-0.2, 0) is 76.8 Å². The highest BCUT2D eigenvalue weighted by molar-refractivity contribution is 5.99. The topological polar surface area (TPSA) is 437 Å². The minimum atomic E-state index is -1.99. The van der Waals surface area contributed by atoms with E-state index in [1.807, 2.05) is 0 Å². The highest BCUT2D eigenvalue weighted by Crippen LogP contribution is 2.15. The molecule has 0 heterocycles. The van der Waals surface area contributed by atoms with Crippen molar-refractivity contribution < 1.29 is 77.6 Å². The van der Waals surface area contributed by atoms with Crippen molar-refractivity contribution in [2.75, 3.05) is 6.61 Å². The van der Waals surface area contributed by atoms with Crippen molar-refractivity contribution in [2.24, 2.45) is 23.1 Å². The number of carboxylic acids is 3. The fourth-order valence-electron chi connectivity index (χ4n) is 7.78. The van der Waals surface area contributed by atoms with E-state index >= 15 is 0 Å². The lowest BCUT2D eigenvalue weighted by Crippen LogP contribution is -2.61. The predicted octanol–water partition coefficient (Wildman–Crippen LogP) is -1.94. The molecule has 3 aromatic rings. The van der Waals surface area contributed by atoms with Crippen molar-refractivity contribution in [3.05, 3.63) is 102 Å². The Kier molecular flexibility index (Phi) is 26.8. The summed E-state index contributed by atoms with van der Waals surface area (Å²) < 4.78 is 5.40. The number of carbonyl (C=O) groups excluding carboxylic acids is 9. The molecule has 0 spiro atoms. The fraction of sp³-hybridized carbons (Fsp3) is 0.407. The van der Waals surface area contributed by atoms with E-state index in [0.29, 0.717) is 22.4 Å². The van der Waals surface area contributed by atoms with Crippen molar-refractivity contribution in [3.8, 4) is 18.1 Å². The molecule has 0 saturated heterocycles. The Morgan fingerprint density at radius 3 is 1.34 bits per heavy atom. The Labute approximate surface area is 460 Å². The van der Waals surface area contributed by atoms with Gasteiger partial charge >= 0.3 is 17.9 Å². The van der Waals surface area contributed by atoms with Crippen LogP contribution in [0.2, 0.25) is 0 Å². The third-order valence-electron chi connectivity index (χ3n) is 11.9. The first-order chi connectivity index (χ1) is 37.8. The maximum absolute atomic E-state index is 14.6. The van der Waals surface area contributed by atoms with Crippen LogP contribution < -0.4 is 59.2 Å². The van der Waals surface area contributed by atoms with Gasteiger partial charge in [0.2, 0.25) is 53.2 Å². The second-order valence-corrected chi connectivity index (χ2v) is 18.9. The number of hydrogen-bond acceptors (Lipinski definition) is 14. The van der Waals surface area contributed by atoms with Crippen molar-refractivity contribution in [1.82, 2.24) is 37.2 Å². The van der Waals surface area contributed by atoms with E-state index in [1.165, 1.54) is 0 Å². The van der Waals surface area contributed by atoms with E-state index < -0.39 is 158 Å². The number of carbonyl (C=O) groups is 12. The number of terminal acetylenes is 1. The van der Waals surface area contributed by atoms with Gasteiger partial charge in [0.05, 0.1) is 18.9 Å². The molecular formula is C54H68N10O16. The molecule has 8 atom stereocenters. The highest BCUT2D eigenvalue weighted by Gasteiger charge is 2.36. The molecule has 0 aliphatic carbocycles. The Morgan fingerprint density at radius 1 is 0.487 bits per heavy atom. The maximum atomic E-state index is 14.6. The fourth-order valence-corrected chi connectivity index (χ4v) is 7.78. The van der Waals surface area contributed by atoms with Gasteiger partial charge in [0.25, 0.3) is 0 Å². The number of ether oxygens (including phenoxy) is 1. The van der Waals surface area contributed by atoms with E-state index in [2.05, 4.69) is 43.1 Å². The maximum Gasteiger partial charge on any atom is 0.305 e. The summed E-state index contributed by atoms with van der Waals surface area (Å²) >= 11 is 0.